The summed E-state index contributed by atoms with van der Waals surface area (Å²) in [5.41, 5.74) is 0.719. The smallest absolute Gasteiger partial charge is 0.261 e. The van der Waals surface area contributed by atoms with Crippen molar-refractivity contribution in [2.75, 3.05) is 7.11 Å². The maximum Gasteiger partial charge on any atom is 0.261 e. The Morgan fingerprint density at radius 2 is 2.04 bits per heavy atom. The van der Waals surface area contributed by atoms with E-state index in [2.05, 4.69) is 4.98 Å². The van der Waals surface area contributed by atoms with Crippen molar-refractivity contribution < 1.29 is 4.74 Å². The number of aryl methyl sites for hydroxylation is 1. The molecule has 0 atom stereocenters. The summed E-state index contributed by atoms with van der Waals surface area (Å²) < 4.78 is 7.15. The Labute approximate surface area is 137 Å². The van der Waals surface area contributed by atoms with Gasteiger partial charge >= 0.3 is 0 Å². The molecule has 23 heavy (non-hydrogen) atoms. The van der Waals surface area contributed by atoms with Crippen molar-refractivity contribution in [2.24, 2.45) is 5.92 Å². The first-order valence-corrected chi connectivity index (χ1v) is 8.75. The molecule has 2 aromatic rings. The number of para-hydroxylation sites is 1. The number of methoxy groups -OCH3 is 1. The van der Waals surface area contributed by atoms with E-state index >= 15 is 0 Å². The van der Waals surface area contributed by atoms with Crippen LogP contribution in [0.5, 0.6) is 5.75 Å². The molecule has 0 N–H and O–H groups in total. The summed E-state index contributed by atoms with van der Waals surface area (Å²) in [5, 5.41) is 0.646. The molecule has 0 bridgehead atoms. The van der Waals surface area contributed by atoms with Crippen LogP contribution in [-0.2, 0) is 6.54 Å². The molecule has 1 aromatic carbocycles. The van der Waals surface area contributed by atoms with Crippen LogP contribution in [0.25, 0.3) is 10.9 Å². The van der Waals surface area contributed by atoms with Gasteiger partial charge in [0.05, 0.1) is 12.5 Å². The molecule has 0 aliphatic heterocycles. The van der Waals surface area contributed by atoms with Gasteiger partial charge < -0.3 is 4.74 Å². The number of nitrogens with zero attached hydrogens (tertiary/aromatic N) is 2. The molecule has 1 aliphatic carbocycles. The zero-order valence-electron chi connectivity index (χ0n) is 14.2. The van der Waals surface area contributed by atoms with Gasteiger partial charge in [0.2, 0.25) is 0 Å². The highest BCUT2D eigenvalue weighted by Gasteiger charge is 2.14. The molecule has 4 heteroatoms. The van der Waals surface area contributed by atoms with Crippen molar-refractivity contribution in [1.29, 1.82) is 0 Å². The van der Waals surface area contributed by atoms with Crippen LogP contribution in [0.4, 0.5) is 0 Å². The fourth-order valence-electron chi connectivity index (χ4n) is 3.77. The number of ether oxygens (including phenoxy) is 1. The molecule has 4 nitrogen and oxygen atoms in total. The predicted octanol–water partition coefficient (Wildman–Crippen LogP) is 4.07. The lowest BCUT2D eigenvalue weighted by molar-refractivity contribution is 0.325. The third-order valence-corrected chi connectivity index (χ3v) is 5.08. The van der Waals surface area contributed by atoms with Crippen LogP contribution in [0.2, 0.25) is 0 Å². The van der Waals surface area contributed by atoms with Gasteiger partial charge in [-0.05, 0) is 37.8 Å². The first-order chi connectivity index (χ1) is 11.2. The number of hydrogen-bond donors (Lipinski definition) is 0. The summed E-state index contributed by atoms with van der Waals surface area (Å²) in [4.78, 5) is 17.4. The highest BCUT2D eigenvalue weighted by molar-refractivity contribution is 5.83. The molecule has 0 spiro atoms. The van der Waals surface area contributed by atoms with Crippen molar-refractivity contribution in [3.05, 3.63) is 34.4 Å². The van der Waals surface area contributed by atoms with Gasteiger partial charge in [-0.15, -0.1) is 0 Å². The Morgan fingerprint density at radius 3 is 2.78 bits per heavy atom. The fraction of sp³-hybridized carbons (Fsp3) is 0.579. The van der Waals surface area contributed by atoms with Crippen molar-refractivity contribution in [1.82, 2.24) is 9.55 Å². The lowest BCUT2D eigenvalue weighted by Crippen LogP contribution is -2.24. The van der Waals surface area contributed by atoms with E-state index in [1.807, 2.05) is 29.7 Å². The number of aromatic nitrogens is 2. The monoisotopic (exact) mass is 314 g/mol. The highest BCUT2D eigenvalue weighted by Crippen LogP contribution is 2.27. The van der Waals surface area contributed by atoms with Gasteiger partial charge in [-0.3, -0.25) is 9.36 Å². The van der Waals surface area contributed by atoms with Crippen LogP contribution in [-0.4, -0.2) is 16.7 Å². The van der Waals surface area contributed by atoms with Crippen LogP contribution in [0, 0.1) is 12.8 Å². The largest absolute Gasteiger partial charge is 0.494 e. The summed E-state index contributed by atoms with van der Waals surface area (Å²) in [6.45, 7) is 2.68. The van der Waals surface area contributed by atoms with Gasteiger partial charge in [0.25, 0.3) is 5.56 Å². The van der Waals surface area contributed by atoms with E-state index in [1.165, 1.54) is 38.5 Å². The van der Waals surface area contributed by atoms with E-state index in [0.717, 1.165) is 24.7 Å². The minimum Gasteiger partial charge on any atom is -0.494 e. The van der Waals surface area contributed by atoms with Crippen LogP contribution in [0.15, 0.2) is 23.0 Å². The fourth-order valence-corrected chi connectivity index (χ4v) is 3.77. The second-order valence-corrected chi connectivity index (χ2v) is 6.62. The SMILES string of the molecule is COc1cccc2c(=O)n(CCCC3CCCCC3)c(C)nc12. The van der Waals surface area contributed by atoms with Crippen LogP contribution in [0.1, 0.15) is 50.8 Å². The van der Waals surface area contributed by atoms with E-state index < -0.39 is 0 Å². The molecular weight excluding hydrogens is 288 g/mol. The average molecular weight is 314 g/mol. The van der Waals surface area contributed by atoms with Gasteiger partial charge in [-0.1, -0.05) is 38.2 Å². The van der Waals surface area contributed by atoms with Crippen molar-refractivity contribution >= 4 is 10.9 Å². The van der Waals surface area contributed by atoms with Crippen molar-refractivity contribution in [2.45, 2.75) is 58.4 Å². The first kappa shape index (κ1) is 16.0. The molecule has 1 aliphatic rings. The van der Waals surface area contributed by atoms with Gasteiger partial charge in [-0.25, -0.2) is 4.98 Å². The Balaban J connectivity index is 1.79. The van der Waals surface area contributed by atoms with Gasteiger partial charge in [0, 0.05) is 6.54 Å². The van der Waals surface area contributed by atoms with E-state index in [1.54, 1.807) is 7.11 Å². The van der Waals surface area contributed by atoms with Gasteiger partial charge in [0.1, 0.15) is 17.1 Å². The predicted molar refractivity (Wildman–Crippen MR) is 93.1 cm³/mol. The molecule has 0 amide bonds. The third-order valence-electron chi connectivity index (χ3n) is 5.08. The molecule has 0 radical (unpaired) electrons. The van der Waals surface area contributed by atoms with E-state index in [4.69, 9.17) is 4.74 Å². The summed E-state index contributed by atoms with van der Waals surface area (Å²) in [6, 6.07) is 5.54. The molecule has 1 aromatic heterocycles. The average Bonchev–Trinajstić information content (AvgIpc) is 2.58. The van der Waals surface area contributed by atoms with Crippen LogP contribution < -0.4 is 10.3 Å². The second kappa shape index (κ2) is 7.16. The van der Waals surface area contributed by atoms with E-state index in [0.29, 0.717) is 16.7 Å². The molecule has 1 fully saturated rings. The Morgan fingerprint density at radius 1 is 1.26 bits per heavy atom. The molecule has 0 saturated heterocycles. The number of benzene rings is 1. The minimum atomic E-state index is 0.0510. The normalized spacial score (nSPS) is 15.9. The van der Waals surface area contributed by atoms with Crippen molar-refractivity contribution in [3.63, 3.8) is 0 Å². The second-order valence-electron chi connectivity index (χ2n) is 6.62. The number of rotatable bonds is 5. The van der Waals surface area contributed by atoms with Gasteiger partial charge in [0.15, 0.2) is 0 Å². The lowest BCUT2D eigenvalue weighted by atomic mass is 9.86. The number of hydrogen-bond acceptors (Lipinski definition) is 3. The topological polar surface area (TPSA) is 44.1 Å². The summed E-state index contributed by atoms with van der Waals surface area (Å²) in [5.74, 6) is 2.29. The third kappa shape index (κ3) is 3.41. The minimum absolute atomic E-state index is 0.0510. The first-order valence-electron chi connectivity index (χ1n) is 8.75. The van der Waals surface area contributed by atoms with E-state index in [-0.39, 0.29) is 5.56 Å². The zero-order chi connectivity index (χ0) is 16.2. The summed E-state index contributed by atoms with van der Waals surface area (Å²) >= 11 is 0. The molecular formula is C19H26N2O2. The summed E-state index contributed by atoms with van der Waals surface area (Å²) in [6.07, 6.45) is 9.15. The van der Waals surface area contributed by atoms with Crippen molar-refractivity contribution in [3.8, 4) is 5.75 Å². The zero-order valence-corrected chi connectivity index (χ0v) is 14.2. The standard InChI is InChI=1S/C19H26N2O2/c1-14-20-18-16(11-6-12-17(18)23-2)19(22)21(14)13-7-10-15-8-4-3-5-9-15/h6,11-12,15H,3-5,7-10,13H2,1-2H3. The number of fused-ring (bicyclic) bond motifs is 1. The van der Waals surface area contributed by atoms with Gasteiger partial charge in [-0.2, -0.15) is 0 Å². The maximum atomic E-state index is 12.8. The molecule has 1 heterocycles. The van der Waals surface area contributed by atoms with Crippen LogP contribution in [0.3, 0.4) is 0 Å². The highest BCUT2D eigenvalue weighted by atomic mass is 16.5. The molecule has 0 unspecified atom stereocenters. The molecule has 1 saturated carbocycles. The van der Waals surface area contributed by atoms with E-state index in [9.17, 15) is 4.79 Å². The maximum absolute atomic E-state index is 12.8. The lowest BCUT2D eigenvalue weighted by Gasteiger charge is -2.21. The Hall–Kier alpha value is -1.84. The molecule has 124 valence electrons. The Kier molecular flexibility index (Phi) is 4.99. The quantitative estimate of drug-likeness (QED) is 0.835. The molecule has 3 rings (SSSR count). The van der Waals surface area contributed by atoms with Crippen LogP contribution >= 0.6 is 0 Å². The summed E-state index contributed by atoms with van der Waals surface area (Å²) in [7, 11) is 1.61. The Bertz CT molecular complexity index is 730.